The van der Waals surface area contributed by atoms with Gasteiger partial charge in [0.05, 0.1) is 12.7 Å². The minimum Gasteiger partial charge on any atom is -0.373 e. The van der Waals surface area contributed by atoms with Crippen LogP contribution in [0.4, 0.5) is 0 Å². The number of rotatable bonds is 4. The van der Waals surface area contributed by atoms with E-state index < -0.39 is 0 Å². The van der Waals surface area contributed by atoms with Crippen LogP contribution in [0.1, 0.15) is 22.6 Å². The monoisotopic (exact) mass is 240 g/mol. The van der Waals surface area contributed by atoms with Gasteiger partial charge < -0.3 is 15.4 Å². The molecule has 90 valence electrons. The lowest BCUT2D eigenvalue weighted by Gasteiger charge is -2.28. The highest BCUT2D eigenvalue weighted by atomic mass is 32.1. The maximum Gasteiger partial charge on any atom is 0.0813 e. The second kappa shape index (κ2) is 5.77. The Bertz CT molecular complexity index is 319. The molecule has 1 fully saturated rings. The van der Waals surface area contributed by atoms with Gasteiger partial charge in [0.25, 0.3) is 0 Å². The van der Waals surface area contributed by atoms with E-state index in [2.05, 4.69) is 24.1 Å². The summed E-state index contributed by atoms with van der Waals surface area (Å²) in [6.45, 7) is 3.70. The third-order valence-corrected chi connectivity index (χ3v) is 4.13. The standard InChI is InChI=1S/C12H20N2OS/c1-14-6-4-10(5-7-14)15-9-12-3-2-11(8-13)16-12/h2-3,10H,4-9,13H2,1H3. The van der Waals surface area contributed by atoms with E-state index >= 15 is 0 Å². The molecule has 1 aliphatic rings. The van der Waals surface area contributed by atoms with Gasteiger partial charge in [-0.25, -0.2) is 0 Å². The van der Waals surface area contributed by atoms with E-state index in [0.717, 1.165) is 32.5 Å². The summed E-state index contributed by atoms with van der Waals surface area (Å²) in [6.07, 6.45) is 2.76. The molecule has 16 heavy (non-hydrogen) atoms. The van der Waals surface area contributed by atoms with Crippen LogP contribution in [0.25, 0.3) is 0 Å². The van der Waals surface area contributed by atoms with Crippen LogP contribution in [0.5, 0.6) is 0 Å². The molecule has 0 spiro atoms. The lowest BCUT2D eigenvalue weighted by molar-refractivity contribution is 0.00331. The lowest BCUT2D eigenvalue weighted by Crippen LogP contribution is -2.34. The Kier molecular flexibility index (Phi) is 4.35. The second-order valence-corrected chi connectivity index (χ2v) is 5.64. The van der Waals surface area contributed by atoms with Gasteiger partial charge in [0.15, 0.2) is 0 Å². The molecule has 0 saturated carbocycles. The fourth-order valence-corrected chi connectivity index (χ4v) is 2.78. The Balaban J connectivity index is 1.74. The first-order valence-corrected chi connectivity index (χ1v) is 6.67. The third-order valence-electron chi connectivity index (χ3n) is 3.05. The van der Waals surface area contributed by atoms with E-state index in [1.165, 1.54) is 9.75 Å². The minimum atomic E-state index is 0.444. The second-order valence-electron chi connectivity index (χ2n) is 4.39. The van der Waals surface area contributed by atoms with Crippen LogP contribution in [0.3, 0.4) is 0 Å². The van der Waals surface area contributed by atoms with Gasteiger partial charge in [0.1, 0.15) is 0 Å². The maximum absolute atomic E-state index is 5.92. The predicted octanol–water partition coefficient (Wildman–Crippen LogP) is 1.82. The molecule has 2 rings (SSSR count). The van der Waals surface area contributed by atoms with Crippen LogP contribution >= 0.6 is 11.3 Å². The van der Waals surface area contributed by atoms with Gasteiger partial charge in [0, 0.05) is 29.4 Å². The average molecular weight is 240 g/mol. The number of nitrogens with two attached hydrogens (primary N) is 1. The van der Waals surface area contributed by atoms with E-state index in [1.54, 1.807) is 11.3 Å². The smallest absolute Gasteiger partial charge is 0.0813 e. The molecule has 0 atom stereocenters. The summed E-state index contributed by atoms with van der Waals surface area (Å²) < 4.78 is 5.92. The van der Waals surface area contributed by atoms with Crippen LogP contribution in [-0.2, 0) is 17.9 Å². The molecule has 2 heterocycles. The minimum absolute atomic E-state index is 0.444. The molecular formula is C12H20N2OS. The maximum atomic E-state index is 5.92. The van der Waals surface area contributed by atoms with Crippen molar-refractivity contribution < 1.29 is 4.74 Å². The van der Waals surface area contributed by atoms with Gasteiger partial charge in [-0.1, -0.05) is 0 Å². The number of hydrogen-bond acceptors (Lipinski definition) is 4. The first-order chi connectivity index (χ1) is 7.78. The fraction of sp³-hybridized carbons (Fsp3) is 0.667. The summed E-state index contributed by atoms with van der Waals surface area (Å²) >= 11 is 1.76. The van der Waals surface area contributed by atoms with Crippen LogP contribution in [-0.4, -0.2) is 31.1 Å². The van der Waals surface area contributed by atoms with E-state index in [1.807, 2.05) is 0 Å². The number of likely N-dealkylation sites (tertiary alicyclic amines) is 1. The molecular weight excluding hydrogens is 220 g/mol. The molecule has 1 aromatic rings. The number of ether oxygens (including phenoxy) is 1. The largest absolute Gasteiger partial charge is 0.373 e. The Morgan fingerprint density at radius 2 is 2.06 bits per heavy atom. The molecule has 1 aromatic heterocycles. The quantitative estimate of drug-likeness (QED) is 0.872. The van der Waals surface area contributed by atoms with Crippen molar-refractivity contribution in [3.8, 4) is 0 Å². The van der Waals surface area contributed by atoms with E-state index in [0.29, 0.717) is 12.6 Å². The van der Waals surface area contributed by atoms with E-state index in [-0.39, 0.29) is 0 Å². The van der Waals surface area contributed by atoms with Crippen LogP contribution in [0.2, 0.25) is 0 Å². The zero-order valence-electron chi connectivity index (χ0n) is 9.82. The van der Waals surface area contributed by atoms with Crippen LogP contribution < -0.4 is 5.73 Å². The molecule has 0 aromatic carbocycles. The third kappa shape index (κ3) is 3.28. The van der Waals surface area contributed by atoms with Crippen molar-refractivity contribution in [1.82, 2.24) is 4.90 Å². The number of nitrogens with zero attached hydrogens (tertiary/aromatic N) is 1. The zero-order valence-corrected chi connectivity index (χ0v) is 10.6. The summed E-state index contributed by atoms with van der Waals surface area (Å²) in [5.74, 6) is 0. The Morgan fingerprint density at radius 3 is 2.69 bits per heavy atom. The molecule has 0 aliphatic carbocycles. The molecule has 1 saturated heterocycles. The number of thiophene rings is 1. The van der Waals surface area contributed by atoms with Gasteiger partial charge in [-0.05, 0) is 32.0 Å². The lowest BCUT2D eigenvalue weighted by atomic mass is 10.1. The summed E-state index contributed by atoms with van der Waals surface area (Å²) in [7, 11) is 2.17. The van der Waals surface area contributed by atoms with Crippen LogP contribution in [0, 0.1) is 0 Å². The summed E-state index contributed by atoms with van der Waals surface area (Å²) in [5.41, 5.74) is 5.58. The highest BCUT2D eigenvalue weighted by molar-refractivity contribution is 7.11. The van der Waals surface area contributed by atoms with Crippen molar-refractivity contribution in [3.05, 3.63) is 21.9 Å². The van der Waals surface area contributed by atoms with Crippen molar-refractivity contribution in [3.63, 3.8) is 0 Å². The molecule has 2 N–H and O–H groups in total. The van der Waals surface area contributed by atoms with Crippen molar-refractivity contribution in [1.29, 1.82) is 0 Å². The molecule has 0 amide bonds. The fourth-order valence-electron chi connectivity index (χ4n) is 1.96. The molecule has 1 aliphatic heterocycles. The molecule has 0 bridgehead atoms. The van der Waals surface area contributed by atoms with Crippen molar-refractivity contribution >= 4 is 11.3 Å². The topological polar surface area (TPSA) is 38.5 Å². The molecule has 0 radical (unpaired) electrons. The van der Waals surface area contributed by atoms with Crippen molar-refractivity contribution in [2.24, 2.45) is 5.73 Å². The van der Waals surface area contributed by atoms with E-state index in [4.69, 9.17) is 10.5 Å². The average Bonchev–Trinajstić information content (AvgIpc) is 2.76. The first-order valence-electron chi connectivity index (χ1n) is 5.85. The summed E-state index contributed by atoms with van der Waals surface area (Å²) in [5, 5.41) is 0. The van der Waals surface area contributed by atoms with Gasteiger partial charge in [-0.15, -0.1) is 11.3 Å². The normalized spacial score (nSPS) is 19.1. The summed E-state index contributed by atoms with van der Waals surface area (Å²) in [4.78, 5) is 4.89. The molecule has 4 heteroatoms. The van der Waals surface area contributed by atoms with Gasteiger partial charge in [0.2, 0.25) is 0 Å². The Hall–Kier alpha value is -0.420. The Morgan fingerprint density at radius 1 is 1.38 bits per heavy atom. The zero-order chi connectivity index (χ0) is 11.4. The van der Waals surface area contributed by atoms with Crippen LogP contribution in [0.15, 0.2) is 12.1 Å². The van der Waals surface area contributed by atoms with Crippen molar-refractivity contribution in [2.45, 2.75) is 32.1 Å². The SMILES string of the molecule is CN1CCC(OCc2ccc(CN)s2)CC1. The number of hydrogen-bond donors (Lipinski definition) is 1. The van der Waals surface area contributed by atoms with Gasteiger partial charge in [-0.3, -0.25) is 0 Å². The first kappa shape index (κ1) is 12.0. The number of piperidine rings is 1. The summed E-state index contributed by atoms with van der Waals surface area (Å²) in [6, 6.07) is 4.22. The Labute approximate surface area is 101 Å². The van der Waals surface area contributed by atoms with Crippen molar-refractivity contribution in [2.75, 3.05) is 20.1 Å². The van der Waals surface area contributed by atoms with Gasteiger partial charge >= 0.3 is 0 Å². The highest BCUT2D eigenvalue weighted by Gasteiger charge is 2.17. The highest BCUT2D eigenvalue weighted by Crippen LogP contribution is 2.19. The molecule has 0 unspecified atom stereocenters. The van der Waals surface area contributed by atoms with E-state index in [9.17, 15) is 0 Å². The predicted molar refractivity (Wildman–Crippen MR) is 67.5 cm³/mol. The van der Waals surface area contributed by atoms with Gasteiger partial charge in [-0.2, -0.15) is 0 Å². The molecule has 3 nitrogen and oxygen atoms in total.